The van der Waals surface area contributed by atoms with Gasteiger partial charge in [0.25, 0.3) is 0 Å². The van der Waals surface area contributed by atoms with Crippen LogP contribution in [-0.2, 0) is 21.1 Å². The summed E-state index contributed by atoms with van der Waals surface area (Å²) in [7, 11) is -4.14. The normalized spacial score (nSPS) is 18.7. The van der Waals surface area contributed by atoms with Gasteiger partial charge in [-0.1, -0.05) is 31.9 Å². The smallest absolute Gasteiger partial charge is 0.232 e. The molecule has 0 fully saturated rings. The second kappa shape index (κ2) is 10.8. The first-order valence-corrected chi connectivity index (χ1v) is 14.6. The number of allylic oxidation sites excluding steroid dienone is 1. The Morgan fingerprint density at radius 2 is 1.90 bits per heavy atom. The molecule has 0 saturated heterocycles. The van der Waals surface area contributed by atoms with E-state index in [0.717, 1.165) is 23.1 Å². The van der Waals surface area contributed by atoms with Crippen molar-refractivity contribution in [2.24, 2.45) is 5.41 Å². The van der Waals surface area contributed by atoms with Crippen molar-refractivity contribution in [3.8, 4) is 23.8 Å². The third-order valence-corrected chi connectivity index (χ3v) is 9.45. The number of ether oxygens (including phenoxy) is 1. The van der Waals surface area contributed by atoms with Crippen LogP contribution in [0.1, 0.15) is 37.4 Å². The summed E-state index contributed by atoms with van der Waals surface area (Å²) in [6.07, 6.45) is 4.82. The van der Waals surface area contributed by atoms with E-state index in [-0.39, 0.29) is 63.4 Å². The van der Waals surface area contributed by atoms with Crippen molar-refractivity contribution >= 4 is 27.1 Å². The maximum atomic E-state index is 15.9. The van der Waals surface area contributed by atoms with E-state index in [9.17, 15) is 27.1 Å². The molecule has 3 aromatic carbocycles. The van der Waals surface area contributed by atoms with Crippen molar-refractivity contribution in [2.75, 3.05) is 22.6 Å². The van der Waals surface area contributed by atoms with Crippen molar-refractivity contribution in [3.05, 3.63) is 93.8 Å². The monoisotopic (exact) mass is 596 g/mol. The summed E-state index contributed by atoms with van der Waals surface area (Å²) >= 11 is 0. The van der Waals surface area contributed by atoms with Gasteiger partial charge in [0.05, 0.1) is 22.8 Å². The van der Waals surface area contributed by atoms with Gasteiger partial charge in [-0.3, -0.25) is 9.69 Å². The van der Waals surface area contributed by atoms with Crippen LogP contribution in [0.2, 0.25) is 0 Å². The van der Waals surface area contributed by atoms with Gasteiger partial charge in [-0.05, 0) is 47.7 Å². The topological polar surface area (TPSA) is 95.9 Å². The van der Waals surface area contributed by atoms with Crippen molar-refractivity contribution in [3.63, 3.8) is 0 Å². The van der Waals surface area contributed by atoms with Crippen LogP contribution in [0.25, 0.3) is 0 Å². The standard InChI is InChI=1S/C31H27F3N2O5S/c1-4-12-41-20-10-11-21(23(34)15-20)29-30-24(16-31(2,3)17-42(30,39)40)35-28-25(6-5-7-26(28)37)36(29)27(38)13-18-8-9-19(32)14-22(18)33/h1,5-11,14-15,29,35,37H,12-13,16-17H2,2-3H3. The van der Waals surface area contributed by atoms with Crippen LogP contribution in [0.5, 0.6) is 11.5 Å². The second-order valence-corrected chi connectivity index (χ2v) is 13.0. The van der Waals surface area contributed by atoms with Gasteiger partial charge in [0, 0.05) is 23.4 Å². The predicted molar refractivity (Wildman–Crippen MR) is 152 cm³/mol. The number of terminal acetylenes is 1. The Hall–Kier alpha value is -4.43. The number of hydrogen-bond donors (Lipinski definition) is 2. The number of fused-ring (bicyclic) bond motifs is 1. The molecular weight excluding hydrogens is 569 g/mol. The molecular formula is C31H27F3N2O5S. The summed E-state index contributed by atoms with van der Waals surface area (Å²) in [5, 5.41) is 13.9. The molecule has 0 spiro atoms. The molecule has 0 aliphatic carbocycles. The number of carbonyl (C=O) groups excluding carboxylic acids is 1. The fraction of sp³-hybridized carbons (Fsp3) is 0.258. The van der Waals surface area contributed by atoms with E-state index in [4.69, 9.17) is 11.2 Å². The van der Waals surface area contributed by atoms with E-state index >= 15 is 4.39 Å². The fourth-order valence-electron chi connectivity index (χ4n) is 5.52. The highest BCUT2D eigenvalue weighted by atomic mass is 32.2. The molecule has 2 heterocycles. The lowest BCUT2D eigenvalue weighted by Gasteiger charge is -2.37. The van der Waals surface area contributed by atoms with E-state index in [2.05, 4.69) is 11.2 Å². The Kier molecular flexibility index (Phi) is 7.45. The van der Waals surface area contributed by atoms with Gasteiger partial charge in [-0.2, -0.15) is 0 Å². The molecule has 218 valence electrons. The highest BCUT2D eigenvalue weighted by Crippen LogP contribution is 2.51. The summed E-state index contributed by atoms with van der Waals surface area (Å²) in [5.41, 5.74) is -0.801. The van der Waals surface area contributed by atoms with E-state index in [1.807, 2.05) is 0 Å². The highest BCUT2D eigenvalue weighted by Gasteiger charge is 2.47. The number of halogens is 3. The number of phenolic OH excluding ortho intramolecular Hbond substituents is 1. The number of phenols is 1. The molecule has 7 nitrogen and oxygen atoms in total. The zero-order valence-electron chi connectivity index (χ0n) is 22.7. The molecule has 2 aliphatic heterocycles. The number of nitrogens with zero attached hydrogens (tertiary/aromatic N) is 1. The Morgan fingerprint density at radius 1 is 1.14 bits per heavy atom. The van der Waals surface area contributed by atoms with E-state index in [1.54, 1.807) is 13.8 Å². The second-order valence-electron chi connectivity index (χ2n) is 11.0. The lowest BCUT2D eigenvalue weighted by atomic mass is 9.88. The van der Waals surface area contributed by atoms with E-state index < -0.39 is 51.1 Å². The van der Waals surface area contributed by atoms with Crippen LogP contribution >= 0.6 is 0 Å². The van der Waals surface area contributed by atoms with Gasteiger partial charge >= 0.3 is 0 Å². The molecule has 0 bridgehead atoms. The maximum Gasteiger partial charge on any atom is 0.232 e. The largest absolute Gasteiger partial charge is 0.506 e. The van der Waals surface area contributed by atoms with Crippen LogP contribution in [0, 0.1) is 35.2 Å². The zero-order chi connectivity index (χ0) is 30.4. The van der Waals surface area contributed by atoms with E-state index in [1.165, 1.54) is 30.3 Å². The van der Waals surface area contributed by atoms with Crippen LogP contribution in [0.3, 0.4) is 0 Å². The number of nitrogens with one attached hydrogen (secondary N) is 1. The number of amides is 1. The summed E-state index contributed by atoms with van der Waals surface area (Å²) < 4.78 is 77.5. The molecule has 1 atom stereocenters. The molecule has 3 aromatic rings. The van der Waals surface area contributed by atoms with Gasteiger partial charge in [-0.15, -0.1) is 6.42 Å². The van der Waals surface area contributed by atoms with E-state index in [0.29, 0.717) is 6.07 Å². The number of para-hydroxylation sites is 1. The SMILES string of the molecule is C#CCOc1ccc(C2C3=C(CC(C)(C)CS3(=O)=O)Nc3c(O)cccc3N2C(=O)Cc2ccc(F)cc2F)c(F)c1. The van der Waals surface area contributed by atoms with Gasteiger partial charge in [-0.25, -0.2) is 21.6 Å². The Labute approximate surface area is 241 Å². The van der Waals surface area contributed by atoms with Gasteiger partial charge in [0.15, 0.2) is 9.84 Å². The molecule has 2 aliphatic rings. The summed E-state index contributed by atoms with van der Waals surface area (Å²) in [6, 6.07) is 9.20. The van der Waals surface area contributed by atoms with Crippen LogP contribution in [0.4, 0.5) is 24.5 Å². The lowest BCUT2D eigenvalue weighted by molar-refractivity contribution is -0.118. The number of hydrogen-bond acceptors (Lipinski definition) is 6. The Balaban J connectivity index is 1.78. The molecule has 11 heteroatoms. The van der Waals surface area contributed by atoms with Crippen molar-refractivity contribution < 1.29 is 36.2 Å². The molecule has 2 N–H and O–H groups in total. The minimum atomic E-state index is -4.14. The average Bonchev–Trinajstić information content (AvgIpc) is 3.03. The first kappa shape index (κ1) is 29.1. The molecule has 1 amide bonds. The first-order chi connectivity index (χ1) is 19.8. The maximum absolute atomic E-state index is 15.9. The van der Waals surface area contributed by atoms with Gasteiger partial charge in [0.1, 0.15) is 47.3 Å². The van der Waals surface area contributed by atoms with Crippen molar-refractivity contribution in [1.82, 2.24) is 0 Å². The Morgan fingerprint density at radius 3 is 2.60 bits per heavy atom. The first-order valence-electron chi connectivity index (χ1n) is 13.0. The van der Waals surface area contributed by atoms with Crippen LogP contribution in [-0.4, -0.2) is 31.8 Å². The minimum absolute atomic E-state index is 0.0303. The van der Waals surface area contributed by atoms with Crippen molar-refractivity contribution in [2.45, 2.75) is 32.7 Å². The molecule has 5 rings (SSSR count). The number of sulfone groups is 1. The number of benzene rings is 3. The zero-order valence-corrected chi connectivity index (χ0v) is 23.6. The molecule has 0 saturated carbocycles. The molecule has 0 aromatic heterocycles. The third-order valence-electron chi connectivity index (χ3n) is 7.15. The molecule has 0 radical (unpaired) electrons. The Bertz CT molecular complexity index is 1780. The highest BCUT2D eigenvalue weighted by molar-refractivity contribution is 7.95. The van der Waals surface area contributed by atoms with Crippen LogP contribution < -0.4 is 15.0 Å². The number of carbonyl (C=O) groups is 1. The number of anilines is 2. The van der Waals surface area contributed by atoms with Gasteiger partial charge in [0.2, 0.25) is 5.91 Å². The minimum Gasteiger partial charge on any atom is -0.506 e. The molecule has 1 unspecified atom stereocenters. The van der Waals surface area contributed by atoms with Crippen molar-refractivity contribution in [1.29, 1.82) is 0 Å². The summed E-state index contributed by atoms with van der Waals surface area (Å²) in [6.45, 7) is 3.39. The van der Waals surface area contributed by atoms with Crippen LogP contribution in [0.15, 0.2) is 65.2 Å². The van der Waals surface area contributed by atoms with Gasteiger partial charge < -0.3 is 15.2 Å². The number of aromatic hydroxyl groups is 1. The third kappa shape index (κ3) is 5.42. The average molecular weight is 597 g/mol. The predicted octanol–water partition coefficient (Wildman–Crippen LogP) is 5.62. The molecule has 42 heavy (non-hydrogen) atoms. The quantitative estimate of drug-likeness (QED) is 0.293. The fourth-order valence-corrected chi connectivity index (χ4v) is 7.88. The summed E-state index contributed by atoms with van der Waals surface area (Å²) in [5.74, 6) is -1.72. The number of rotatable bonds is 5. The summed E-state index contributed by atoms with van der Waals surface area (Å²) in [4.78, 5) is 14.9. The lowest BCUT2D eigenvalue weighted by Crippen LogP contribution is -2.42.